The van der Waals surface area contributed by atoms with Crippen LogP contribution < -0.4 is 10.2 Å². The van der Waals surface area contributed by atoms with Crippen molar-refractivity contribution >= 4 is 12.4 Å². The summed E-state index contributed by atoms with van der Waals surface area (Å²) in [5.74, 6) is -1.16. The van der Waals surface area contributed by atoms with E-state index in [9.17, 15) is 17.3 Å². The van der Waals surface area contributed by atoms with Crippen molar-refractivity contribution in [2.75, 3.05) is 13.2 Å². The number of rotatable bonds is 3. The smallest absolute Gasteiger partial charge is 0.490 e. The second kappa shape index (κ2) is 5.18. The van der Waals surface area contributed by atoms with Crippen molar-refractivity contribution < 1.29 is 26.8 Å². The zero-order valence-corrected chi connectivity index (χ0v) is 9.54. The summed E-state index contributed by atoms with van der Waals surface area (Å²) in [7, 11) is 0. The minimum Gasteiger partial charge on any atom is -0.490 e. The van der Waals surface area contributed by atoms with Crippen molar-refractivity contribution in [1.82, 2.24) is 0 Å². The number of hydrogen-bond acceptors (Lipinski definition) is 2. The highest BCUT2D eigenvalue weighted by atomic mass is 19.4. The van der Waals surface area contributed by atoms with Gasteiger partial charge in [0.1, 0.15) is 11.9 Å². The summed E-state index contributed by atoms with van der Waals surface area (Å²) in [6.45, 7) is -4.22. The van der Waals surface area contributed by atoms with Crippen molar-refractivity contribution in [1.29, 1.82) is 0 Å². The molecule has 0 N–H and O–H groups in total. The van der Waals surface area contributed by atoms with E-state index >= 15 is 0 Å². The third-order valence-corrected chi connectivity index (χ3v) is 2.80. The molecule has 100 valence electrons. The van der Waals surface area contributed by atoms with E-state index in [1.165, 1.54) is 0 Å². The fraction of sp³-hybridized carbons (Fsp3) is 0.455. The Balaban J connectivity index is 2.08. The van der Waals surface area contributed by atoms with Crippen molar-refractivity contribution in [3.8, 4) is 5.75 Å². The molecule has 0 radical (unpaired) electrons. The lowest BCUT2D eigenvalue weighted by atomic mass is 9.80. The van der Waals surface area contributed by atoms with Gasteiger partial charge in [0.15, 0.2) is 0 Å². The van der Waals surface area contributed by atoms with Crippen LogP contribution in [0.5, 0.6) is 5.75 Å². The standard InChI is InChI=1S/C11H12BF4O2/c13-11-7-9(1-2-10(11)12(14,15)16)18-8-3-5-17-6-4-8/h1-2,7-8H,3-6H2/q-1. The molecule has 7 heteroatoms. The van der Waals surface area contributed by atoms with Crippen LogP contribution in [0.3, 0.4) is 0 Å². The van der Waals surface area contributed by atoms with Gasteiger partial charge in [0.05, 0.1) is 19.0 Å². The lowest BCUT2D eigenvalue weighted by Crippen LogP contribution is -2.36. The fourth-order valence-corrected chi connectivity index (χ4v) is 1.83. The average Bonchev–Trinajstić information content (AvgIpc) is 2.28. The van der Waals surface area contributed by atoms with Crippen LogP contribution >= 0.6 is 0 Å². The molecular weight excluding hydrogens is 251 g/mol. The molecule has 1 heterocycles. The van der Waals surface area contributed by atoms with Crippen LogP contribution in [0.1, 0.15) is 12.8 Å². The van der Waals surface area contributed by atoms with E-state index in [0.717, 1.165) is 18.2 Å². The van der Waals surface area contributed by atoms with E-state index in [1.54, 1.807) is 0 Å². The molecule has 2 nitrogen and oxygen atoms in total. The molecule has 1 aromatic carbocycles. The van der Waals surface area contributed by atoms with Crippen LogP contribution in [0.2, 0.25) is 0 Å². The molecule has 0 aromatic heterocycles. The van der Waals surface area contributed by atoms with Crippen molar-refractivity contribution in [3.05, 3.63) is 24.0 Å². The van der Waals surface area contributed by atoms with E-state index in [1.807, 2.05) is 0 Å². The largest absolute Gasteiger partial charge is 0.512 e. The van der Waals surface area contributed by atoms with Gasteiger partial charge in [-0.25, -0.2) is 4.39 Å². The van der Waals surface area contributed by atoms with Crippen molar-refractivity contribution in [2.24, 2.45) is 0 Å². The summed E-state index contributed by atoms with van der Waals surface area (Å²) < 4.78 is 61.1. The predicted octanol–water partition coefficient (Wildman–Crippen LogP) is 2.44. The molecule has 0 bridgehead atoms. The van der Waals surface area contributed by atoms with Crippen LogP contribution in [-0.2, 0) is 4.74 Å². The van der Waals surface area contributed by atoms with E-state index in [4.69, 9.17) is 9.47 Å². The van der Waals surface area contributed by atoms with Gasteiger partial charge >= 0.3 is 6.98 Å². The lowest BCUT2D eigenvalue weighted by Gasteiger charge is -2.24. The van der Waals surface area contributed by atoms with Crippen LogP contribution in [-0.4, -0.2) is 26.3 Å². The van der Waals surface area contributed by atoms with E-state index in [2.05, 4.69) is 0 Å². The fourth-order valence-electron chi connectivity index (χ4n) is 1.83. The molecule has 0 unspecified atom stereocenters. The van der Waals surface area contributed by atoms with Gasteiger partial charge in [0.2, 0.25) is 0 Å². The minimum absolute atomic E-state index is 0.125. The van der Waals surface area contributed by atoms with Gasteiger partial charge < -0.3 is 22.4 Å². The van der Waals surface area contributed by atoms with Gasteiger partial charge in [-0.05, 0) is 6.07 Å². The summed E-state index contributed by atoms with van der Waals surface area (Å²) in [4.78, 5) is 0. The maximum Gasteiger partial charge on any atom is 0.512 e. The maximum atomic E-state index is 13.3. The molecular formula is C11H12BF4O2-. The number of hydrogen-bond donors (Lipinski definition) is 0. The van der Waals surface area contributed by atoms with Gasteiger partial charge in [-0.3, -0.25) is 0 Å². The van der Waals surface area contributed by atoms with Gasteiger partial charge in [-0.2, -0.15) is 0 Å². The summed E-state index contributed by atoms with van der Waals surface area (Å²) >= 11 is 0. The molecule has 1 aliphatic rings. The third-order valence-electron chi connectivity index (χ3n) is 2.80. The molecule has 1 aromatic rings. The number of halogens is 4. The normalized spacial score (nSPS) is 17.8. The SMILES string of the molecule is Fc1cc(OC2CCOCC2)ccc1[B-](F)(F)F. The Morgan fingerprint density at radius 2 is 1.83 bits per heavy atom. The predicted molar refractivity (Wildman–Crippen MR) is 59.6 cm³/mol. The zero-order chi connectivity index (χ0) is 13.2. The molecule has 1 aliphatic heterocycles. The Hall–Kier alpha value is -1.24. The number of ether oxygens (including phenoxy) is 2. The van der Waals surface area contributed by atoms with Crippen LogP contribution in [0, 0.1) is 5.82 Å². The Morgan fingerprint density at radius 1 is 1.17 bits per heavy atom. The molecule has 0 saturated carbocycles. The molecule has 0 amide bonds. The van der Waals surface area contributed by atoms with Crippen molar-refractivity contribution in [3.63, 3.8) is 0 Å². The molecule has 18 heavy (non-hydrogen) atoms. The highest BCUT2D eigenvalue weighted by molar-refractivity contribution is 6.73. The first-order valence-electron chi connectivity index (χ1n) is 5.70. The monoisotopic (exact) mass is 263 g/mol. The first-order chi connectivity index (χ1) is 8.47. The van der Waals surface area contributed by atoms with Crippen LogP contribution in [0.4, 0.5) is 17.3 Å². The summed E-state index contributed by atoms with van der Waals surface area (Å²) in [5.41, 5.74) is -1.21. The average molecular weight is 263 g/mol. The Labute approximate surface area is 102 Å². The van der Waals surface area contributed by atoms with Crippen molar-refractivity contribution in [2.45, 2.75) is 18.9 Å². The Bertz CT molecular complexity index is 416. The van der Waals surface area contributed by atoms with E-state index in [-0.39, 0.29) is 11.9 Å². The third kappa shape index (κ3) is 3.16. The molecule has 0 aliphatic carbocycles. The van der Waals surface area contributed by atoms with E-state index < -0.39 is 18.3 Å². The second-order valence-electron chi connectivity index (χ2n) is 4.19. The van der Waals surface area contributed by atoms with Gasteiger partial charge in [0, 0.05) is 18.9 Å². The first-order valence-corrected chi connectivity index (χ1v) is 5.70. The zero-order valence-electron chi connectivity index (χ0n) is 9.54. The summed E-state index contributed by atoms with van der Waals surface area (Å²) in [5, 5.41) is 0. The lowest BCUT2D eigenvalue weighted by molar-refractivity contribution is 0.0255. The maximum absolute atomic E-state index is 13.3. The first kappa shape index (κ1) is 13.2. The summed E-state index contributed by atoms with van der Waals surface area (Å²) in [6.07, 6.45) is 1.19. The highest BCUT2D eigenvalue weighted by Crippen LogP contribution is 2.20. The molecule has 1 fully saturated rings. The summed E-state index contributed by atoms with van der Waals surface area (Å²) in [6, 6.07) is 2.67. The minimum atomic E-state index is -5.32. The molecule has 2 rings (SSSR count). The van der Waals surface area contributed by atoms with Crippen LogP contribution in [0.15, 0.2) is 18.2 Å². The van der Waals surface area contributed by atoms with Gasteiger partial charge in [-0.1, -0.05) is 11.5 Å². The van der Waals surface area contributed by atoms with Gasteiger partial charge in [0.25, 0.3) is 0 Å². The van der Waals surface area contributed by atoms with Gasteiger partial charge in [-0.15, -0.1) is 0 Å². The Morgan fingerprint density at radius 3 is 2.39 bits per heavy atom. The Kier molecular flexibility index (Phi) is 3.80. The number of benzene rings is 1. The molecule has 0 atom stereocenters. The molecule has 0 spiro atoms. The highest BCUT2D eigenvalue weighted by Gasteiger charge is 2.29. The second-order valence-corrected chi connectivity index (χ2v) is 4.19. The molecule has 1 saturated heterocycles. The quantitative estimate of drug-likeness (QED) is 0.616. The topological polar surface area (TPSA) is 18.5 Å². The van der Waals surface area contributed by atoms with Crippen LogP contribution in [0.25, 0.3) is 0 Å². The van der Waals surface area contributed by atoms with E-state index in [0.29, 0.717) is 26.1 Å².